The molecule has 9 nitrogen and oxygen atoms in total. The quantitative estimate of drug-likeness (QED) is 0.457. The zero-order chi connectivity index (χ0) is 25.3. The minimum absolute atomic E-state index is 0.127. The number of carbonyl (C=O) groups excluding carboxylic acids is 1. The lowest BCUT2D eigenvalue weighted by atomic mass is 9.93. The number of nitrogens with zero attached hydrogens (tertiary/aromatic N) is 3. The molecule has 0 radical (unpaired) electrons. The molecule has 0 saturated carbocycles. The standard InChI is InChI=1S/C24H26ClN5O4S2/c1-34-22-5-3-18-23(29-22)24(17(25)13-26-18)30-10-7-15(8-11-30)6-9-27-36(32,33)16-2-4-20-19(12-16)28-21(31)14-35-20/h2-5,12-13,15,27H,6-11,14H2,1H3,(H,28,31). The second-order valence-corrected chi connectivity index (χ2v) is 12.0. The van der Waals surface area contributed by atoms with Crippen LogP contribution in [0.15, 0.2) is 46.3 Å². The Labute approximate surface area is 219 Å². The third kappa shape index (κ3) is 5.24. The van der Waals surface area contributed by atoms with E-state index in [0.717, 1.165) is 48.5 Å². The van der Waals surface area contributed by atoms with E-state index in [1.807, 2.05) is 6.07 Å². The van der Waals surface area contributed by atoms with E-state index >= 15 is 0 Å². The van der Waals surface area contributed by atoms with Crippen LogP contribution in [-0.4, -0.2) is 56.8 Å². The number of hydrogen-bond acceptors (Lipinski definition) is 8. The van der Waals surface area contributed by atoms with Crippen molar-refractivity contribution in [2.75, 3.05) is 42.7 Å². The maximum absolute atomic E-state index is 12.8. The topological polar surface area (TPSA) is 114 Å². The lowest BCUT2D eigenvalue weighted by Gasteiger charge is -2.34. The number of methoxy groups -OCH3 is 1. The number of benzene rings is 1. The monoisotopic (exact) mass is 547 g/mol. The van der Waals surface area contributed by atoms with Gasteiger partial charge in [-0.15, -0.1) is 11.8 Å². The number of fused-ring (bicyclic) bond motifs is 2. The molecule has 1 aromatic carbocycles. The van der Waals surface area contributed by atoms with Gasteiger partial charge in [0.1, 0.15) is 5.52 Å². The van der Waals surface area contributed by atoms with Gasteiger partial charge in [-0.25, -0.2) is 18.1 Å². The molecule has 2 aromatic heterocycles. The summed E-state index contributed by atoms with van der Waals surface area (Å²) in [5.74, 6) is 1.11. The first kappa shape index (κ1) is 25.1. The molecule has 0 spiro atoms. The molecule has 2 aliphatic rings. The highest BCUT2D eigenvalue weighted by atomic mass is 35.5. The van der Waals surface area contributed by atoms with Crippen molar-refractivity contribution >= 4 is 61.7 Å². The van der Waals surface area contributed by atoms with Crippen LogP contribution >= 0.6 is 23.4 Å². The molecule has 190 valence electrons. The first-order chi connectivity index (χ1) is 17.3. The lowest BCUT2D eigenvalue weighted by molar-refractivity contribution is -0.113. The molecule has 3 aromatic rings. The third-order valence-corrected chi connectivity index (χ3v) is 9.30. The molecule has 0 aliphatic carbocycles. The Bertz CT molecular complexity index is 1410. The van der Waals surface area contributed by atoms with Gasteiger partial charge in [-0.3, -0.25) is 9.78 Å². The Hall–Kier alpha value is -2.60. The number of hydrogen-bond donors (Lipinski definition) is 2. The predicted molar refractivity (Wildman–Crippen MR) is 142 cm³/mol. The number of amides is 1. The molecule has 0 unspecified atom stereocenters. The summed E-state index contributed by atoms with van der Waals surface area (Å²) in [6.07, 6.45) is 4.21. The fourth-order valence-electron chi connectivity index (χ4n) is 4.58. The Kier molecular flexibility index (Phi) is 7.25. The number of thioether (sulfide) groups is 1. The van der Waals surface area contributed by atoms with Crippen LogP contribution in [0.3, 0.4) is 0 Å². The van der Waals surface area contributed by atoms with Gasteiger partial charge in [-0.05, 0) is 49.4 Å². The van der Waals surface area contributed by atoms with Crippen LogP contribution in [0, 0.1) is 5.92 Å². The molecule has 36 heavy (non-hydrogen) atoms. The number of aromatic nitrogens is 2. The van der Waals surface area contributed by atoms with Crippen molar-refractivity contribution in [2.45, 2.75) is 29.1 Å². The number of ether oxygens (including phenoxy) is 1. The molecular weight excluding hydrogens is 522 g/mol. The smallest absolute Gasteiger partial charge is 0.240 e. The molecule has 12 heteroatoms. The van der Waals surface area contributed by atoms with Crippen molar-refractivity contribution in [3.8, 4) is 5.88 Å². The number of pyridine rings is 2. The highest BCUT2D eigenvalue weighted by molar-refractivity contribution is 8.00. The van der Waals surface area contributed by atoms with Gasteiger partial charge in [0.2, 0.25) is 21.8 Å². The summed E-state index contributed by atoms with van der Waals surface area (Å²) >= 11 is 7.93. The molecular formula is C24H26ClN5O4S2. The number of rotatable bonds is 7. The van der Waals surface area contributed by atoms with Crippen molar-refractivity contribution in [1.29, 1.82) is 0 Å². The average Bonchev–Trinajstić information content (AvgIpc) is 2.88. The maximum Gasteiger partial charge on any atom is 0.240 e. The first-order valence-corrected chi connectivity index (χ1v) is 14.5. The zero-order valence-corrected chi connectivity index (χ0v) is 22.0. The Morgan fingerprint density at radius 1 is 1.25 bits per heavy atom. The normalized spacial score (nSPS) is 16.6. The predicted octanol–water partition coefficient (Wildman–Crippen LogP) is 3.92. The number of sulfonamides is 1. The largest absolute Gasteiger partial charge is 0.481 e. The highest BCUT2D eigenvalue weighted by Crippen LogP contribution is 2.36. The van der Waals surface area contributed by atoms with Crippen molar-refractivity contribution in [3.05, 3.63) is 41.6 Å². The van der Waals surface area contributed by atoms with Gasteiger partial charge in [0.05, 0.1) is 39.7 Å². The van der Waals surface area contributed by atoms with Crippen LogP contribution in [0.5, 0.6) is 5.88 Å². The van der Waals surface area contributed by atoms with Crippen molar-refractivity contribution in [1.82, 2.24) is 14.7 Å². The van der Waals surface area contributed by atoms with Crippen molar-refractivity contribution in [2.24, 2.45) is 5.92 Å². The number of nitrogens with one attached hydrogen (secondary N) is 2. The van der Waals surface area contributed by atoms with E-state index in [4.69, 9.17) is 16.3 Å². The van der Waals surface area contributed by atoms with E-state index in [-0.39, 0.29) is 10.8 Å². The van der Waals surface area contributed by atoms with Crippen LogP contribution < -0.4 is 19.7 Å². The van der Waals surface area contributed by atoms with Crippen LogP contribution in [0.1, 0.15) is 19.3 Å². The summed E-state index contributed by atoms with van der Waals surface area (Å²) in [4.78, 5) is 23.8. The summed E-state index contributed by atoms with van der Waals surface area (Å²) < 4.78 is 33.6. The van der Waals surface area contributed by atoms with Crippen LogP contribution in [0.25, 0.3) is 11.0 Å². The number of piperidine rings is 1. The summed E-state index contributed by atoms with van der Waals surface area (Å²) in [5.41, 5.74) is 2.87. The second kappa shape index (κ2) is 10.4. The summed E-state index contributed by atoms with van der Waals surface area (Å²) in [6.45, 7) is 1.93. The second-order valence-electron chi connectivity index (χ2n) is 8.79. The lowest BCUT2D eigenvalue weighted by Crippen LogP contribution is -2.35. The SMILES string of the molecule is COc1ccc2ncc(Cl)c(N3CCC(CCNS(=O)(=O)c4ccc5c(c4)NC(=O)CS5)CC3)c2n1. The molecule has 1 saturated heterocycles. The van der Waals surface area contributed by atoms with Crippen molar-refractivity contribution in [3.63, 3.8) is 0 Å². The molecule has 1 fully saturated rings. The summed E-state index contributed by atoms with van der Waals surface area (Å²) in [5, 5.41) is 3.29. The third-order valence-electron chi connectivity index (χ3n) is 6.49. The minimum atomic E-state index is -3.67. The van der Waals surface area contributed by atoms with Crippen LogP contribution in [-0.2, 0) is 14.8 Å². The Balaban J connectivity index is 1.19. The number of halogens is 1. The van der Waals surface area contributed by atoms with E-state index in [1.54, 1.807) is 31.5 Å². The summed E-state index contributed by atoms with van der Waals surface area (Å²) in [6, 6.07) is 8.48. The van der Waals surface area contributed by atoms with Gasteiger partial charge in [-0.1, -0.05) is 11.6 Å². The molecule has 4 heterocycles. The van der Waals surface area contributed by atoms with Crippen LogP contribution in [0.2, 0.25) is 5.02 Å². The number of carbonyl (C=O) groups is 1. The fourth-order valence-corrected chi connectivity index (χ4v) is 6.70. The Morgan fingerprint density at radius 2 is 2.06 bits per heavy atom. The minimum Gasteiger partial charge on any atom is -0.481 e. The molecule has 0 atom stereocenters. The van der Waals surface area contributed by atoms with Crippen LogP contribution in [0.4, 0.5) is 11.4 Å². The van der Waals surface area contributed by atoms with Gasteiger partial charge in [0, 0.05) is 36.8 Å². The van der Waals surface area contributed by atoms with Gasteiger partial charge < -0.3 is 15.0 Å². The average molecular weight is 548 g/mol. The first-order valence-electron chi connectivity index (χ1n) is 11.6. The van der Waals surface area contributed by atoms with E-state index in [1.165, 1.54) is 17.8 Å². The highest BCUT2D eigenvalue weighted by Gasteiger charge is 2.25. The zero-order valence-electron chi connectivity index (χ0n) is 19.7. The van der Waals surface area contributed by atoms with E-state index in [2.05, 4.69) is 24.9 Å². The molecule has 0 bridgehead atoms. The van der Waals surface area contributed by atoms with E-state index in [0.29, 0.717) is 40.3 Å². The molecule has 2 aliphatic heterocycles. The van der Waals surface area contributed by atoms with E-state index < -0.39 is 10.0 Å². The maximum atomic E-state index is 12.8. The molecule has 2 N–H and O–H groups in total. The van der Waals surface area contributed by atoms with Crippen molar-refractivity contribution < 1.29 is 17.9 Å². The van der Waals surface area contributed by atoms with Gasteiger partial charge in [-0.2, -0.15) is 0 Å². The van der Waals surface area contributed by atoms with Gasteiger partial charge in [0.25, 0.3) is 0 Å². The van der Waals surface area contributed by atoms with Gasteiger partial charge >= 0.3 is 0 Å². The van der Waals surface area contributed by atoms with Gasteiger partial charge in [0.15, 0.2) is 0 Å². The molecule has 5 rings (SSSR count). The molecule has 1 amide bonds. The van der Waals surface area contributed by atoms with E-state index in [9.17, 15) is 13.2 Å². The Morgan fingerprint density at radius 3 is 2.83 bits per heavy atom. The fraction of sp³-hybridized carbons (Fsp3) is 0.375. The number of anilines is 2. The summed E-state index contributed by atoms with van der Waals surface area (Å²) in [7, 11) is -2.09.